The summed E-state index contributed by atoms with van der Waals surface area (Å²) in [7, 11) is 0. The Morgan fingerprint density at radius 1 is 0.857 bits per heavy atom. The zero-order valence-corrected chi connectivity index (χ0v) is 16.6. The molecule has 1 aromatic heterocycles. The molecule has 1 aliphatic heterocycles. The van der Waals surface area contributed by atoms with E-state index in [1.54, 1.807) is 0 Å². The third-order valence-electron chi connectivity index (χ3n) is 5.07. The summed E-state index contributed by atoms with van der Waals surface area (Å²) in [6.07, 6.45) is 0. The van der Waals surface area contributed by atoms with E-state index >= 15 is 0 Å². The van der Waals surface area contributed by atoms with Gasteiger partial charge in [-0.3, -0.25) is 4.90 Å². The molecule has 0 bridgehead atoms. The third kappa shape index (κ3) is 4.67. The lowest BCUT2D eigenvalue weighted by Crippen LogP contribution is -2.46. The fraction of sp³-hybridized carbons (Fsp3) is 0.304. The number of nitrogens with zero attached hydrogens (tertiary/aromatic N) is 4. The molecule has 0 amide bonds. The summed E-state index contributed by atoms with van der Waals surface area (Å²) >= 11 is 0. The highest BCUT2D eigenvalue weighted by molar-refractivity contribution is 5.58. The smallest absolute Gasteiger partial charge is 0.227 e. The highest BCUT2D eigenvalue weighted by atomic mass is 15.3. The van der Waals surface area contributed by atoms with Gasteiger partial charge in [-0.05, 0) is 31.5 Å². The van der Waals surface area contributed by atoms with Crippen molar-refractivity contribution in [2.75, 3.05) is 36.4 Å². The van der Waals surface area contributed by atoms with Gasteiger partial charge in [0.1, 0.15) is 5.82 Å². The molecule has 5 nitrogen and oxygen atoms in total. The SMILES string of the molecule is Cc1ccc(Nc2cc(C)nc(N3CCN(Cc4ccccc4)CC3)n2)cc1. The van der Waals surface area contributed by atoms with Gasteiger partial charge in [0.15, 0.2) is 0 Å². The molecule has 0 radical (unpaired) electrons. The highest BCUT2D eigenvalue weighted by Gasteiger charge is 2.19. The summed E-state index contributed by atoms with van der Waals surface area (Å²) < 4.78 is 0. The lowest BCUT2D eigenvalue weighted by atomic mass is 10.2. The van der Waals surface area contributed by atoms with Gasteiger partial charge in [-0.25, -0.2) is 4.98 Å². The van der Waals surface area contributed by atoms with Gasteiger partial charge < -0.3 is 10.2 Å². The average molecular weight is 374 g/mol. The highest BCUT2D eigenvalue weighted by Crippen LogP contribution is 2.20. The van der Waals surface area contributed by atoms with Crippen molar-refractivity contribution in [3.63, 3.8) is 0 Å². The Hall–Kier alpha value is -2.92. The number of rotatable bonds is 5. The van der Waals surface area contributed by atoms with Crippen LogP contribution in [0.15, 0.2) is 60.7 Å². The number of hydrogen-bond acceptors (Lipinski definition) is 5. The van der Waals surface area contributed by atoms with Crippen LogP contribution in [-0.2, 0) is 6.54 Å². The molecule has 5 heteroatoms. The molecule has 2 aromatic carbocycles. The van der Waals surface area contributed by atoms with Gasteiger partial charge in [-0.1, -0.05) is 48.0 Å². The van der Waals surface area contributed by atoms with E-state index in [0.717, 1.165) is 55.9 Å². The first-order valence-electron chi connectivity index (χ1n) is 9.86. The molecule has 0 unspecified atom stereocenters. The van der Waals surface area contributed by atoms with Crippen molar-refractivity contribution in [2.24, 2.45) is 0 Å². The number of nitrogens with one attached hydrogen (secondary N) is 1. The molecule has 1 fully saturated rings. The van der Waals surface area contributed by atoms with Crippen LogP contribution < -0.4 is 10.2 Å². The summed E-state index contributed by atoms with van der Waals surface area (Å²) in [6, 6.07) is 21.0. The first-order valence-corrected chi connectivity index (χ1v) is 9.86. The molecule has 144 valence electrons. The molecule has 3 aromatic rings. The van der Waals surface area contributed by atoms with Crippen molar-refractivity contribution in [3.8, 4) is 0 Å². The molecule has 0 saturated carbocycles. The van der Waals surface area contributed by atoms with Crippen molar-refractivity contribution >= 4 is 17.5 Å². The van der Waals surface area contributed by atoms with E-state index in [-0.39, 0.29) is 0 Å². The number of aromatic nitrogens is 2. The van der Waals surface area contributed by atoms with Gasteiger partial charge in [-0.15, -0.1) is 0 Å². The lowest BCUT2D eigenvalue weighted by molar-refractivity contribution is 0.248. The Balaban J connectivity index is 1.40. The molecule has 4 rings (SSSR count). The van der Waals surface area contributed by atoms with Crippen LogP contribution in [0.5, 0.6) is 0 Å². The Morgan fingerprint density at radius 3 is 2.29 bits per heavy atom. The molecule has 1 N–H and O–H groups in total. The monoisotopic (exact) mass is 373 g/mol. The fourth-order valence-electron chi connectivity index (χ4n) is 3.49. The van der Waals surface area contributed by atoms with E-state index in [1.165, 1.54) is 11.1 Å². The number of aryl methyl sites for hydroxylation is 2. The van der Waals surface area contributed by atoms with Crippen LogP contribution in [0.4, 0.5) is 17.5 Å². The predicted molar refractivity (Wildman–Crippen MR) is 115 cm³/mol. The number of anilines is 3. The van der Waals surface area contributed by atoms with Crippen LogP contribution in [0.2, 0.25) is 0 Å². The van der Waals surface area contributed by atoms with Gasteiger partial charge in [0, 0.05) is 50.2 Å². The van der Waals surface area contributed by atoms with Crippen molar-refractivity contribution < 1.29 is 0 Å². The molecule has 0 atom stereocenters. The lowest BCUT2D eigenvalue weighted by Gasteiger charge is -2.35. The minimum absolute atomic E-state index is 0.814. The minimum Gasteiger partial charge on any atom is -0.340 e. The van der Waals surface area contributed by atoms with Crippen LogP contribution in [0.25, 0.3) is 0 Å². The third-order valence-corrected chi connectivity index (χ3v) is 5.07. The molecule has 2 heterocycles. The van der Waals surface area contributed by atoms with Gasteiger partial charge in [0.2, 0.25) is 5.95 Å². The standard InChI is InChI=1S/C23H27N5/c1-18-8-10-21(11-9-18)25-22-16-19(2)24-23(26-22)28-14-12-27(13-15-28)17-20-6-4-3-5-7-20/h3-11,16H,12-15,17H2,1-2H3,(H,24,25,26). The first-order chi connectivity index (χ1) is 13.7. The number of benzene rings is 2. The van der Waals surface area contributed by atoms with Gasteiger partial charge in [0.25, 0.3) is 0 Å². The maximum absolute atomic E-state index is 4.77. The second-order valence-corrected chi connectivity index (χ2v) is 7.43. The normalized spacial score (nSPS) is 14.9. The van der Waals surface area contributed by atoms with E-state index in [0.29, 0.717) is 0 Å². The topological polar surface area (TPSA) is 44.3 Å². The Kier molecular flexibility index (Phi) is 5.53. The Morgan fingerprint density at radius 2 is 1.57 bits per heavy atom. The van der Waals surface area contributed by atoms with E-state index < -0.39 is 0 Å². The molecule has 1 saturated heterocycles. The van der Waals surface area contributed by atoms with Gasteiger partial charge in [-0.2, -0.15) is 4.98 Å². The maximum atomic E-state index is 4.77. The summed E-state index contributed by atoms with van der Waals surface area (Å²) in [5, 5.41) is 3.40. The van der Waals surface area contributed by atoms with Crippen LogP contribution in [-0.4, -0.2) is 41.0 Å². The minimum atomic E-state index is 0.814. The summed E-state index contributed by atoms with van der Waals surface area (Å²) in [5.41, 5.74) is 4.64. The van der Waals surface area contributed by atoms with Gasteiger partial charge >= 0.3 is 0 Å². The molecule has 1 aliphatic rings. The maximum Gasteiger partial charge on any atom is 0.227 e. The molecular formula is C23H27N5. The van der Waals surface area contributed by atoms with Crippen LogP contribution >= 0.6 is 0 Å². The zero-order chi connectivity index (χ0) is 19.3. The van der Waals surface area contributed by atoms with Crippen LogP contribution in [0, 0.1) is 13.8 Å². The van der Waals surface area contributed by atoms with Crippen molar-refractivity contribution in [2.45, 2.75) is 20.4 Å². The quantitative estimate of drug-likeness (QED) is 0.727. The van der Waals surface area contributed by atoms with E-state index in [4.69, 9.17) is 4.98 Å². The van der Waals surface area contributed by atoms with Crippen molar-refractivity contribution in [1.29, 1.82) is 0 Å². The molecule has 0 spiro atoms. The van der Waals surface area contributed by atoms with Crippen molar-refractivity contribution in [1.82, 2.24) is 14.9 Å². The molecule has 0 aliphatic carbocycles. The van der Waals surface area contributed by atoms with Crippen LogP contribution in [0.3, 0.4) is 0 Å². The Bertz CT molecular complexity index is 900. The number of piperazine rings is 1. The summed E-state index contributed by atoms with van der Waals surface area (Å²) in [6.45, 7) is 9.05. The first kappa shape index (κ1) is 18.4. The largest absolute Gasteiger partial charge is 0.340 e. The molecular weight excluding hydrogens is 346 g/mol. The second kappa shape index (κ2) is 8.40. The fourth-order valence-corrected chi connectivity index (χ4v) is 3.49. The summed E-state index contributed by atoms with van der Waals surface area (Å²) in [4.78, 5) is 14.2. The van der Waals surface area contributed by atoms with E-state index in [9.17, 15) is 0 Å². The predicted octanol–water partition coefficient (Wildman–Crippen LogP) is 4.16. The van der Waals surface area contributed by atoms with Gasteiger partial charge in [0.05, 0.1) is 0 Å². The Labute approximate surface area is 167 Å². The molecule has 28 heavy (non-hydrogen) atoms. The summed E-state index contributed by atoms with van der Waals surface area (Å²) in [5.74, 6) is 1.66. The average Bonchev–Trinajstić information content (AvgIpc) is 2.71. The van der Waals surface area contributed by atoms with E-state index in [1.807, 2.05) is 13.0 Å². The number of hydrogen-bond donors (Lipinski definition) is 1. The zero-order valence-electron chi connectivity index (χ0n) is 16.6. The van der Waals surface area contributed by atoms with Crippen LogP contribution in [0.1, 0.15) is 16.8 Å². The second-order valence-electron chi connectivity index (χ2n) is 7.43. The van der Waals surface area contributed by atoms with E-state index in [2.05, 4.69) is 81.6 Å². The van der Waals surface area contributed by atoms with Crippen molar-refractivity contribution in [3.05, 3.63) is 77.5 Å².